The molecule has 170 valence electrons. The highest BCUT2D eigenvalue weighted by molar-refractivity contribution is 7.14. The van der Waals surface area contributed by atoms with Crippen LogP contribution in [-0.4, -0.2) is 30.5 Å². The summed E-state index contributed by atoms with van der Waals surface area (Å²) in [5.74, 6) is 0.752. The van der Waals surface area contributed by atoms with Gasteiger partial charge in [-0.2, -0.15) is 0 Å². The quantitative estimate of drug-likeness (QED) is 0.428. The SMILES string of the molecule is COc1ccccc1C(=O)Nc1nc(-c2ccc3c(c2)N(Cc2ccccc2)C(=O)CO3)cs1. The number of aromatic nitrogens is 1. The number of fused-ring (bicyclic) bond motifs is 1. The van der Waals surface area contributed by atoms with Gasteiger partial charge in [-0.1, -0.05) is 42.5 Å². The van der Waals surface area contributed by atoms with E-state index < -0.39 is 0 Å². The highest BCUT2D eigenvalue weighted by Crippen LogP contribution is 2.37. The van der Waals surface area contributed by atoms with E-state index in [1.54, 1.807) is 23.1 Å². The van der Waals surface area contributed by atoms with E-state index in [2.05, 4.69) is 10.3 Å². The van der Waals surface area contributed by atoms with Crippen LogP contribution < -0.4 is 19.7 Å². The number of amides is 2. The van der Waals surface area contributed by atoms with Crippen LogP contribution in [0.3, 0.4) is 0 Å². The van der Waals surface area contributed by atoms with Crippen molar-refractivity contribution >= 4 is 34.0 Å². The zero-order chi connectivity index (χ0) is 23.5. The summed E-state index contributed by atoms with van der Waals surface area (Å²) >= 11 is 1.33. The zero-order valence-corrected chi connectivity index (χ0v) is 19.2. The maximum atomic E-state index is 12.7. The fraction of sp³-hybridized carbons (Fsp3) is 0.115. The van der Waals surface area contributed by atoms with Crippen LogP contribution >= 0.6 is 11.3 Å². The Morgan fingerprint density at radius 1 is 1.12 bits per heavy atom. The molecule has 0 spiro atoms. The maximum Gasteiger partial charge on any atom is 0.265 e. The number of thiazole rings is 1. The van der Waals surface area contributed by atoms with Crippen LogP contribution in [0.1, 0.15) is 15.9 Å². The molecule has 0 radical (unpaired) electrons. The van der Waals surface area contributed by atoms with Gasteiger partial charge in [0.05, 0.1) is 30.6 Å². The van der Waals surface area contributed by atoms with Gasteiger partial charge in [0.1, 0.15) is 11.5 Å². The third kappa shape index (κ3) is 4.35. The molecule has 2 heterocycles. The molecule has 5 rings (SSSR count). The van der Waals surface area contributed by atoms with Crippen molar-refractivity contribution in [2.45, 2.75) is 6.54 Å². The number of carbonyl (C=O) groups is 2. The lowest BCUT2D eigenvalue weighted by Gasteiger charge is -2.29. The maximum absolute atomic E-state index is 12.7. The van der Waals surface area contributed by atoms with E-state index in [0.717, 1.165) is 11.1 Å². The number of anilines is 2. The summed E-state index contributed by atoms with van der Waals surface area (Å²) in [6.07, 6.45) is 0. The molecule has 0 saturated heterocycles. The van der Waals surface area contributed by atoms with Crippen LogP contribution in [0.25, 0.3) is 11.3 Å². The Bertz CT molecular complexity index is 1350. The first-order valence-electron chi connectivity index (χ1n) is 10.6. The Balaban J connectivity index is 1.39. The predicted octanol–water partition coefficient (Wildman–Crippen LogP) is 5.00. The van der Waals surface area contributed by atoms with Crippen molar-refractivity contribution in [3.05, 3.63) is 89.3 Å². The van der Waals surface area contributed by atoms with E-state index >= 15 is 0 Å². The van der Waals surface area contributed by atoms with E-state index in [1.807, 2.05) is 60.0 Å². The minimum Gasteiger partial charge on any atom is -0.496 e. The van der Waals surface area contributed by atoms with Gasteiger partial charge in [0, 0.05) is 10.9 Å². The number of benzene rings is 3. The fourth-order valence-corrected chi connectivity index (χ4v) is 4.48. The molecule has 0 bridgehead atoms. The monoisotopic (exact) mass is 471 g/mol. The van der Waals surface area contributed by atoms with E-state index in [1.165, 1.54) is 18.4 Å². The Kier molecular flexibility index (Phi) is 5.97. The number of hydrogen-bond donors (Lipinski definition) is 1. The lowest BCUT2D eigenvalue weighted by molar-refractivity contribution is -0.121. The summed E-state index contributed by atoms with van der Waals surface area (Å²) in [6, 6.07) is 22.5. The van der Waals surface area contributed by atoms with Gasteiger partial charge in [0.2, 0.25) is 0 Å². The molecule has 0 aliphatic carbocycles. The average Bonchev–Trinajstić information content (AvgIpc) is 3.34. The highest BCUT2D eigenvalue weighted by atomic mass is 32.1. The van der Waals surface area contributed by atoms with Crippen molar-refractivity contribution in [3.8, 4) is 22.8 Å². The third-order valence-electron chi connectivity index (χ3n) is 5.46. The Morgan fingerprint density at radius 3 is 2.74 bits per heavy atom. The molecule has 0 atom stereocenters. The Labute approximate surface area is 200 Å². The molecule has 2 amide bonds. The first kappa shape index (κ1) is 21.7. The number of para-hydroxylation sites is 1. The normalized spacial score (nSPS) is 12.6. The Morgan fingerprint density at radius 2 is 1.91 bits per heavy atom. The van der Waals surface area contributed by atoms with Gasteiger partial charge in [-0.15, -0.1) is 11.3 Å². The molecule has 3 aromatic carbocycles. The zero-order valence-electron chi connectivity index (χ0n) is 18.4. The summed E-state index contributed by atoms with van der Waals surface area (Å²) in [6.45, 7) is 0.464. The van der Waals surface area contributed by atoms with Crippen LogP contribution in [-0.2, 0) is 11.3 Å². The van der Waals surface area contributed by atoms with E-state index in [4.69, 9.17) is 9.47 Å². The van der Waals surface area contributed by atoms with Crippen molar-refractivity contribution in [2.75, 3.05) is 23.9 Å². The predicted molar refractivity (Wildman–Crippen MR) is 132 cm³/mol. The van der Waals surface area contributed by atoms with Gasteiger partial charge in [0.25, 0.3) is 11.8 Å². The number of carbonyl (C=O) groups excluding carboxylic acids is 2. The lowest BCUT2D eigenvalue weighted by Crippen LogP contribution is -2.38. The number of rotatable bonds is 6. The second kappa shape index (κ2) is 9.36. The summed E-state index contributed by atoms with van der Waals surface area (Å²) < 4.78 is 10.9. The van der Waals surface area contributed by atoms with Gasteiger partial charge >= 0.3 is 0 Å². The van der Waals surface area contributed by atoms with Crippen LogP contribution in [0.15, 0.2) is 78.2 Å². The lowest BCUT2D eigenvalue weighted by atomic mass is 10.1. The molecule has 7 nitrogen and oxygen atoms in total. The van der Waals surface area contributed by atoms with Crippen LogP contribution in [0, 0.1) is 0 Å². The molecule has 4 aromatic rings. The van der Waals surface area contributed by atoms with Crippen molar-refractivity contribution in [1.82, 2.24) is 4.98 Å². The van der Waals surface area contributed by atoms with Crippen molar-refractivity contribution in [2.24, 2.45) is 0 Å². The van der Waals surface area contributed by atoms with Crippen LogP contribution in [0.2, 0.25) is 0 Å². The standard InChI is InChI=1S/C26H21N3O4S/c1-32-22-10-6-5-9-19(22)25(31)28-26-27-20(16-34-26)18-11-12-23-21(13-18)29(24(30)15-33-23)14-17-7-3-2-4-8-17/h2-13,16H,14-15H2,1H3,(H,27,28,31). The highest BCUT2D eigenvalue weighted by Gasteiger charge is 2.26. The molecular weight excluding hydrogens is 450 g/mol. The first-order chi connectivity index (χ1) is 16.6. The van der Waals surface area contributed by atoms with Crippen LogP contribution in [0.5, 0.6) is 11.5 Å². The molecule has 1 N–H and O–H groups in total. The van der Waals surface area contributed by atoms with Crippen molar-refractivity contribution in [3.63, 3.8) is 0 Å². The molecule has 1 aliphatic rings. The summed E-state index contributed by atoms with van der Waals surface area (Å²) in [4.78, 5) is 31.7. The minimum absolute atomic E-state index is 0.00894. The third-order valence-corrected chi connectivity index (χ3v) is 6.22. The number of hydrogen-bond acceptors (Lipinski definition) is 6. The number of nitrogens with zero attached hydrogens (tertiary/aromatic N) is 2. The fourth-order valence-electron chi connectivity index (χ4n) is 3.76. The molecule has 0 saturated carbocycles. The van der Waals surface area contributed by atoms with Gasteiger partial charge in [-0.05, 0) is 35.9 Å². The van der Waals surface area contributed by atoms with Gasteiger partial charge in [-0.3, -0.25) is 14.9 Å². The van der Waals surface area contributed by atoms with E-state index in [0.29, 0.717) is 40.1 Å². The van der Waals surface area contributed by atoms with Crippen LogP contribution in [0.4, 0.5) is 10.8 Å². The first-order valence-corrected chi connectivity index (χ1v) is 11.5. The smallest absolute Gasteiger partial charge is 0.265 e. The molecule has 34 heavy (non-hydrogen) atoms. The molecule has 8 heteroatoms. The summed E-state index contributed by atoms with van der Waals surface area (Å²) in [7, 11) is 1.53. The van der Waals surface area contributed by atoms with E-state index in [9.17, 15) is 9.59 Å². The number of nitrogens with one attached hydrogen (secondary N) is 1. The second-order valence-electron chi connectivity index (χ2n) is 7.63. The van der Waals surface area contributed by atoms with Gasteiger partial charge < -0.3 is 14.4 Å². The van der Waals surface area contributed by atoms with Crippen molar-refractivity contribution in [1.29, 1.82) is 0 Å². The van der Waals surface area contributed by atoms with E-state index in [-0.39, 0.29) is 18.4 Å². The molecule has 1 aliphatic heterocycles. The Hall–Kier alpha value is -4.17. The molecule has 0 unspecified atom stereocenters. The number of methoxy groups -OCH3 is 1. The minimum atomic E-state index is -0.295. The second-order valence-corrected chi connectivity index (χ2v) is 8.49. The largest absolute Gasteiger partial charge is 0.496 e. The summed E-state index contributed by atoms with van der Waals surface area (Å²) in [5, 5.41) is 5.17. The van der Waals surface area contributed by atoms with Crippen molar-refractivity contribution < 1.29 is 19.1 Å². The van der Waals surface area contributed by atoms with Gasteiger partial charge in [0.15, 0.2) is 11.7 Å². The molecule has 1 aromatic heterocycles. The summed E-state index contributed by atoms with van der Waals surface area (Å²) in [5.41, 5.74) is 3.68. The average molecular weight is 472 g/mol. The van der Waals surface area contributed by atoms with Gasteiger partial charge in [-0.25, -0.2) is 4.98 Å². The molecule has 0 fully saturated rings. The topological polar surface area (TPSA) is 80.8 Å². The number of ether oxygens (including phenoxy) is 2. The molecular formula is C26H21N3O4S.